The summed E-state index contributed by atoms with van der Waals surface area (Å²) in [7, 11) is 0. The van der Waals surface area contributed by atoms with Gasteiger partial charge in [-0.05, 0) is 25.7 Å². The fraction of sp³-hybridized carbons (Fsp3) is 0.727. The van der Waals surface area contributed by atoms with E-state index in [0.717, 1.165) is 19.1 Å². The molecule has 0 amide bonds. The summed E-state index contributed by atoms with van der Waals surface area (Å²) < 4.78 is 0. The molecule has 0 aliphatic heterocycles. The van der Waals surface area contributed by atoms with Gasteiger partial charge >= 0.3 is 0 Å². The van der Waals surface area contributed by atoms with E-state index >= 15 is 0 Å². The summed E-state index contributed by atoms with van der Waals surface area (Å²) in [6.07, 6.45) is 13.3. The molecule has 0 aromatic heterocycles. The molecule has 0 saturated carbocycles. The first-order valence-electron chi connectivity index (χ1n) is 5.00. The maximum absolute atomic E-state index is 9.95. The van der Waals surface area contributed by atoms with Crippen molar-refractivity contribution in [1.29, 1.82) is 0 Å². The largest absolute Gasteiger partial charge is 0.303 e. The lowest BCUT2D eigenvalue weighted by Crippen LogP contribution is -1.74. The lowest BCUT2D eigenvalue weighted by molar-refractivity contribution is -0.107. The number of hydrogen-bond donors (Lipinski definition) is 0. The van der Waals surface area contributed by atoms with E-state index in [0.29, 0.717) is 6.42 Å². The molecule has 0 heterocycles. The molecule has 0 bridgehead atoms. The third kappa shape index (κ3) is 9.41. The normalized spacial score (nSPS) is 10.8. The Bertz CT molecular complexity index is 116. The second-order valence-corrected chi connectivity index (χ2v) is 3.06. The van der Waals surface area contributed by atoms with E-state index in [9.17, 15) is 4.79 Å². The van der Waals surface area contributed by atoms with Gasteiger partial charge in [0.25, 0.3) is 0 Å². The highest BCUT2D eigenvalue weighted by atomic mass is 16.1. The third-order valence-electron chi connectivity index (χ3n) is 1.83. The van der Waals surface area contributed by atoms with Crippen LogP contribution in [-0.4, -0.2) is 6.29 Å². The number of unbranched alkanes of at least 4 members (excludes halogenated alkanes) is 5. The summed E-state index contributed by atoms with van der Waals surface area (Å²) >= 11 is 0. The molecule has 0 aromatic rings. The first-order chi connectivity index (χ1) is 5.91. The first-order valence-corrected chi connectivity index (χ1v) is 5.00. The summed E-state index contributed by atoms with van der Waals surface area (Å²) in [6.45, 7) is 2.22. The third-order valence-corrected chi connectivity index (χ3v) is 1.83. The van der Waals surface area contributed by atoms with Crippen LogP contribution in [-0.2, 0) is 4.79 Å². The highest BCUT2D eigenvalue weighted by molar-refractivity contribution is 5.48. The van der Waals surface area contributed by atoms with E-state index in [2.05, 4.69) is 19.1 Å². The van der Waals surface area contributed by atoms with Gasteiger partial charge in [-0.15, -0.1) is 0 Å². The molecule has 1 nitrogen and oxygen atoms in total. The molecule has 12 heavy (non-hydrogen) atoms. The lowest BCUT2D eigenvalue weighted by Gasteiger charge is -1.91. The molecule has 70 valence electrons. The highest BCUT2D eigenvalue weighted by Crippen LogP contribution is 2.01. The van der Waals surface area contributed by atoms with Crippen LogP contribution in [0, 0.1) is 0 Å². The Balaban J connectivity index is 2.98. The number of aldehydes is 1. The molecule has 0 aliphatic rings. The minimum Gasteiger partial charge on any atom is -0.303 e. The van der Waals surface area contributed by atoms with E-state index in [1.54, 1.807) is 0 Å². The fourth-order valence-corrected chi connectivity index (χ4v) is 1.07. The molecule has 0 spiro atoms. The van der Waals surface area contributed by atoms with Gasteiger partial charge in [0.15, 0.2) is 0 Å². The van der Waals surface area contributed by atoms with Gasteiger partial charge in [0, 0.05) is 6.42 Å². The molecular weight excluding hydrogens is 148 g/mol. The van der Waals surface area contributed by atoms with Crippen LogP contribution in [0.25, 0.3) is 0 Å². The molecule has 1 heteroatoms. The summed E-state index contributed by atoms with van der Waals surface area (Å²) in [5, 5.41) is 0. The standard InChI is InChI=1S/C11H20O/c1-2-3-4-5-6-7-8-9-10-11-12/h6-7,11H,2-5,8-10H2,1H3/b7-6-. The van der Waals surface area contributed by atoms with E-state index in [1.807, 2.05) is 0 Å². The van der Waals surface area contributed by atoms with Crippen LogP contribution in [0.15, 0.2) is 12.2 Å². The van der Waals surface area contributed by atoms with Crippen molar-refractivity contribution in [1.82, 2.24) is 0 Å². The van der Waals surface area contributed by atoms with Crippen molar-refractivity contribution in [2.45, 2.75) is 51.9 Å². The predicted octanol–water partition coefficient (Wildman–Crippen LogP) is 3.49. The van der Waals surface area contributed by atoms with E-state index in [-0.39, 0.29) is 0 Å². The van der Waals surface area contributed by atoms with E-state index in [4.69, 9.17) is 0 Å². The van der Waals surface area contributed by atoms with E-state index in [1.165, 1.54) is 25.7 Å². The summed E-state index contributed by atoms with van der Waals surface area (Å²) in [5.41, 5.74) is 0. The average molecular weight is 168 g/mol. The topological polar surface area (TPSA) is 17.1 Å². The van der Waals surface area contributed by atoms with Crippen molar-refractivity contribution in [3.8, 4) is 0 Å². The van der Waals surface area contributed by atoms with Crippen LogP contribution < -0.4 is 0 Å². The van der Waals surface area contributed by atoms with Crippen molar-refractivity contribution in [2.24, 2.45) is 0 Å². The second-order valence-electron chi connectivity index (χ2n) is 3.06. The van der Waals surface area contributed by atoms with Gasteiger partial charge in [0.1, 0.15) is 6.29 Å². The van der Waals surface area contributed by atoms with Crippen LogP contribution in [0.1, 0.15) is 51.9 Å². The van der Waals surface area contributed by atoms with Crippen molar-refractivity contribution < 1.29 is 4.79 Å². The molecule has 0 atom stereocenters. The molecule has 0 unspecified atom stereocenters. The van der Waals surface area contributed by atoms with Crippen LogP contribution in [0.4, 0.5) is 0 Å². The van der Waals surface area contributed by atoms with Crippen LogP contribution in [0.3, 0.4) is 0 Å². The maximum atomic E-state index is 9.95. The fourth-order valence-electron chi connectivity index (χ4n) is 1.07. The number of hydrogen-bond acceptors (Lipinski definition) is 1. The smallest absolute Gasteiger partial charge is 0.120 e. The van der Waals surface area contributed by atoms with Gasteiger partial charge in [0.2, 0.25) is 0 Å². The van der Waals surface area contributed by atoms with Crippen LogP contribution >= 0.6 is 0 Å². The number of carbonyl (C=O) groups is 1. The SMILES string of the molecule is CCCCC/C=C\CCCC=O. The van der Waals surface area contributed by atoms with Crippen molar-refractivity contribution in [3.05, 3.63) is 12.2 Å². The summed E-state index contributed by atoms with van der Waals surface area (Å²) in [5.74, 6) is 0. The molecular formula is C11H20O. The maximum Gasteiger partial charge on any atom is 0.120 e. The van der Waals surface area contributed by atoms with Crippen molar-refractivity contribution in [3.63, 3.8) is 0 Å². The Morgan fingerprint density at radius 3 is 2.17 bits per heavy atom. The minimum atomic E-state index is 0.708. The predicted molar refractivity (Wildman–Crippen MR) is 53.2 cm³/mol. The molecule has 0 aliphatic carbocycles. The van der Waals surface area contributed by atoms with Gasteiger partial charge in [-0.2, -0.15) is 0 Å². The van der Waals surface area contributed by atoms with Crippen molar-refractivity contribution >= 4 is 6.29 Å². The van der Waals surface area contributed by atoms with Crippen LogP contribution in [0.5, 0.6) is 0 Å². The Morgan fingerprint density at radius 1 is 0.917 bits per heavy atom. The molecule has 0 rings (SSSR count). The number of carbonyl (C=O) groups excluding carboxylic acids is 1. The zero-order valence-electron chi connectivity index (χ0n) is 8.09. The summed E-state index contributed by atoms with van der Waals surface area (Å²) in [6, 6.07) is 0. The molecule has 0 radical (unpaired) electrons. The summed E-state index contributed by atoms with van der Waals surface area (Å²) in [4.78, 5) is 9.95. The van der Waals surface area contributed by atoms with E-state index < -0.39 is 0 Å². The molecule has 0 fully saturated rings. The average Bonchev–Trinajstić information content (AvgIpc) is 2.10. The van der Waals surface area contributed by atoms with Gasteiger partial charge in [0.05, 0.1) is 0 Å². The lowest BCUT2D eigenvalue weighted by atomic mass is 10.2. The van der Waals surface area contributed by atoms with Gasteiger partial charge in [-0.25, -0.2) is 0 Å². The minimum absolute atomic E-state index is 0.708. The quantitative estimate of drug-likeness (QED) is 0.308. The second kappa shape index (κ2) is 10.4. The molecule has 0 saturated heterocycles. The zero-order valence-corrected chi connectivity index (χ0v) is 8.09. The zero-order chi connectivity index (χ0) is 9.07. The van der Waals surface area contributed by atoms with Gasteiger partial charge < -0.3 is 4.79 Å². The Morgan fingerprint density at radius 2 is 1.58 bits per heavy atom. The monoisotopic (exact) mass is 168 g/mol. The highest BCUT2D eigenvalue weighted by Gasteiger charge is 1.83. The number of rotatable bonds is 8. The van der Waals surface area contributed by atoms with Gasteiger partial charge in [-0.1, -0.05) is 31.9 Å². The Hall–Kier alpha value is -0.590. The van der Waals surface area contributed by atoms with Crippen molar-refractivity contribution in [2.75, 3.05) is 0 Å². The Labute approximate surface area is 75.9 Å². The van der Waals surface area contributed by atoms with Crippen LogP contribution in [0.2, 0.25) is 0 Å². The van der Waals surface area contributed by atoms with Gasteiger partial charge in [-0.3, -0.25) is 0 Å². The number of allylic oxidation sites excluding steroid dienone is 2. The first kappa shape index (κ1) is 11.4. The Kier molecular flexibility index (Phi) is 9.90. The molecule has 0 N–H and O–H groups in total. The molecule has 0 aromatic carbocycles.